The third-order valence-electron chi connectivity index (χ3n) is 4.36. The largest absolute Gasteiger partial charge is 0.379 e. The molecule has 0 aliphatic carbocycles. The van der Waals surface area contributed by atoms with Gasteiger partial charge in [0.05, 0.1) is 24.6 Å². The number of hydrogen-bond acceptors (Lipinski definition) is 4. The number of hydrogen-bond donors (Lipinski definition) is 0. The molecule has 122 valence electrons. The van der Waals surface area contributed by atoms with Crippen LogP contribution in [0.1, 0.15) is 24.6 Å². The number of ether oxygens (including phenoxy) is 1. The van der Waals surface area contributed by atoms with Crippen LogP contribution in [0.4, 0.5) is 0 Å². The van der Waals surface area contributed by atoms with E-state index in [4.69, 9.17) is 4.74 Å². The summed E-state index contributed by atoms with van der Waals surface area (Å²) in [6.07, 6.45) is 3.10. The van der Waals surface area contributed by atoms with Gasteiger partial charge in [-0.25, -0.2) is 0 Å². The normalized spacial score (nSPS) is 15.7. The molecule has 23 heavy (non-hydrogen) atoms. The van der Waals surface area contributed by atoms with E-state index in [0.717, 1.165) is 69.1 Å². The van der Waals surface area contributed by atoms with Crippen LogP contribution in [0, 0.1) is 0 Å². The molecule has 1 aliphatic heterocycles. The third kappa shape index (κ3) is 4.36. The Balaban J connectivity index is 1.62. The van der Waals surface area contributed by atoms with Crippen molar-refractivity contribution in [2.24, 2.45) is 0 Å². The minimum absolute atomic E-state index is 0.867. The lowest BCUT2D eigenvalue weighted by atomic mass is 10.0. The van der Waals surface area contributed by atoms with Crippen molar-refractivity contribution in [1.29, 1.82) is 0 Å². The molecule has 4 heteroatoms. The Morgan fingerprint density at radius 2 is 1.87 bits per heavy atom. The molecule has 0 amide bonds. The molecule has 1 aromatic heterocycles. The molecule has 0 spiro atoms. The van der Waals surface area contributed by atoms with Crippen molar-refractivity contribution in [1.82, 2.24) is 15.1 Å². The summed E-state index contributed by atoms with van der Waals surface area (Å²) in [6, 6.07) is 12.6. The van der Waals surface area contributed by atoms with E-state index >= 15 is 0 Å². The maximum absolute atomic E-state index is 5.39. The molecule has 4 nitrogen and oxygen atoms in total. The number of morpholine rings is 1. The van der Waals surface area contributed by atoms with Crippen molar-refractivity contribution in [2.75, 3.05) is 32.8 Å². The summed E-state index contributed by atoms with van der Waals surface area (Å²) in [4.78, 5) is 2.47. The first-order valence-electron chi connectivity index (χ1n) is 8.58. The van der Waals surface area contributed by atoms with E-state index in [1.165, 1.54) is 5.56 Å². The van der Waals surface area contributed by atoms with Gasteiger partial charge < -0.3 is 4.74 Å². The first-order chi connectivity index (χ1) is 11.4. The Labute approximate surface area is 138 Å². The van der Waals surface area contributed by atoms with E-state index in [2.05, 4.69) is 40.2 Å². The van der Waals surface area contributed by atoms with Crippen LogP contribution in [0.2, 0.25) is 0 Å². The summed E-state index contributed by atoms with van der Waals surface area (Å²) < 4.78 is 5.39. The summed E-state index contributed by atoms with van der Waals surface area (Å²) in [7, 11) is 0. The Bertz CT molecular complexity index is 609. The van der Waals surface area contributed by atoms with Gasteiger partial charge in [0.15, 0.2) is 0 Å². The van der Waals surface area contributed by atoms with Gasteiger partial charge in [-0.15, -0.1) is 5.10 Å². The van der Waals surface area contributed by atoms with Crippen molar-refractivity contribution in [3.63, 3.8) is 0 Å². The molecular formula is C19H25N3O. The molecule has 1 aliphatic rings. The van der Waals surface area contributed by atoms with Gasteiger partial charge in [0.1, 0.15) is 0 Å². The highest BCUT2D eigenvalue weighted by atomic mass is 16.5. The second kappa shape index (κ2) is 8.18. The van der Waals surface area contributed by atoms with Gasteiger partial charge in [0.2, 0.25) is 0 Å². The van der Waals surface area contributed by atoms with E-state index in [9.17, 15) is 0 Å². The monoisotopic (exact) mass is 311 g/mol. The molecule has 0 atom stereocenters. The molecule has 1 aromatic carbocycles. The lowest BCUT2D eigenvalue weighted by Gasteiger charge is -2.26. The average molecular weight is 311 g/mol. The summed E-state index contributed by atoms with van der Waals surface area (Å²) in [5, 5.41) is 8.95. The average Bonchev–Trinajstić information content (AvgIpc) is 2.63. The minimum atomic E-state index is 0.867. The molecule has 0 N–H and O–H groups in total. The van der Waals surface area contributed by atoms with Crippen LogP contribution >= 0.6 is 0 Å². The number of benzene rings is 1. The highest BCUT2D eigenvalue weighted by Crippen LogP contribution is 2.21. The zero-order chi connectivity index (χ0) is 15.9. The molecule has 0 saturated carbocycles. The van der Waals surface area contributed by atoms with E-state index in [-0.39, 0.29) is 0 Å². The van der Waals surface area contributed by atoms with Crippen LogP contribution in [-0.2, 0) is 17.6 Å². The van der Waals surface area contributed by atoms with Crippen molar-refractivity contribution < 1.29 is 4.74 Å². The van der Waals surface area contributed by atoms with E-state index < -0.39 is 0 Å². The van der Waals surface area contributed by atoms with Crippen molar-refractivity contribution in [3.8, 4) is 11.3 Å². The summed E-state index contributed by atoms with van der Waals surface area (Å²) in [5.41, 5.74) is 4.56. The van der Waals surface area contributed by atoms with Crippen molar-refractivity contribution in [3.05, 3.63) is 47.7 Å². The maximum Gasteiger partial charge on any atom is 0.0961 e. The fourth-order valence-corrected chi connectivity index (χ4v) is 3.02. The van der Waals surface area contributed by atoms with Crippen LogP contribution in [0.3, 0.4) is 0 Å². The Hall–Kier alpha value is -1.78. The fourth-order valence-electron chi connectivity index (χ4n) is 3.02. The van der Waals surface area contributed by atoms with E-state index in [1.54, 1.807) is 0 Å². The van der Waals surface area contributed by atoms with Gasteiger partial charge in [-0.3, -0.25) is 4.90 Å². The van der Waals surface area contributed by atoms with Crippen LogP contribution in [-0.4, -0.2) is 47.9 Å². The lowest BCUT2D eigenvalue weighted by Crippen LogP contribution is -2.36. The smallest absolute Gasteiger partial charge is 0.0961 e. The number of aromatic nitrogens is 2. The van der Waals surface area contributed by atoms with Crippen LogP contribution < -0.4 is 0 Å². The Morgan fingerprint density at radius 1 is 1.09 bits per heavy atom. The van der Waals surface area contributed by atoms with Gasteiger partial charge in [-0.05, 0) is 37.4 Å². The number of rotatable bonds is 6. The van der Waals surface area contributed by atoms with Gasteiger partial charge >= 0.3 is 0 Å². The first kappa shape index (κ1) is 16.1. The number of aryl methyl sites for hydroxylation is 2. The molecule has 0 radical (unpaired) electrons. The predicted molar refractivity (Wildman–Crippen MR) is 92.4 cm³/mol. The molecule has 0 unspecified atom stereocenters. The van der Waals surface area contributed by atoms with Crippen LogP contribution in [0.25, 0.3) is 11.3 Å². The molecule has 2 heterocycles. The highest BCUT2D eigenvalue weighted by molar-refractivity contribution is 5.62. The summed E-state index contributed by atoms with van der Waals surface area (Å²) in [6.45, 7) is 7.14. The minimum Gasteiger partial charge on any atom is -0.379 e. The summed E-state index contributed by atoms with van der Waals surface area (Å²) in [5.74, 6) is 0. The van der Waals surface area contributed by atoms with Crippen molar-refractivity contribution >= 4 is 0 Å². The second-order valence-electron chi connectivity index (χ2n) is 5.99. The van der Waals surface area contributed by atoms with Crippen LogP contribution in [0.15, 0.2) is 36.4 Å². The molecule has 0 bridgehead atoms. The van der Waals surface area contributed by atoms with Crippen LogP contribution in [0.5, 0.6) is 0 Å². The molecule has 1 saturated heterocycles. The Morgan fingerprint density at radius 3 is 2.61 bits per heavy atom. The van der Waals surface area contributed by atoms with Gasteiger partial charge in [-0.1, -0.05) is 37.3 Å². The standard InChI is InChI=1S/C19H25N3O/c1-2-16-15-18(9-6-10-22-11-13-23-14-12-22)20-21-19(16)17-7-4-3-5-8-17/h3-5,7-8,15H,2,6,9-14H2,1H3. The van der Waals surface area contributed by atoms with Gasteiger partial charge in [0, 0.05) is 18.7 Å². The van der Waals surface area contributed by atoms with Gasteiger partial charge in [-0.2, -0.15) is 5.10 Å². The highest BCUT2D eigenvalue weighted by Gasteiger charge is 2.11. The zero-order valence-corrected chi connectivity index (χ0v) is 13.9. The first-order valence-corrected chi connectivity index (χ1v) is 8.58. The Kier molecular flexibility index (Phi) is 5.72. The molecular weight excluding hydrogens is 286 g/mol. The molecule has 3 rings (SSSR count). The quantitative estimate of drug-likeness (QED) is 0.822. The summed E-state index contributed by atoms with van der Waals surface area (Å²) >= 11 is 0. The second-order valence-corrected chi connectivity index (χ2v) is 5.99. The zero-order valence-electron chi connectivity index (χ0n) is 13.9. The molecule has 1 fully saturated rings. The fraction of sp³-hybridized carbons (Fsp3) is 0.474. The van der Waals surface area contributed by atoms with Crippen molar-refractivity contribution in [2.45, 2.75) is 26.2 Å². The SMILES string of the molecule is CCc1cc(CCCN2CCOCC2)nnc1-c1ccccc1. The van der Waals surface area contributed by atoms with E-state index in [0.29, 0.717) is 0 Å². The van der Waals surface area contributed by atoms with E-state index in [1.807, 2.05) is 18.2 Å². The van der Waals surface area contributed by atoms with Gasteiger partial charge in [0.25, 0.3) is 0 Å². The third-order valence-corrected chi connectivity index (χ3v) is 4.36. The topological polar surface area (TPSA) is 38.2 Å². The maximum atomic E-state index is 5.39. The molecule has 2 aromatic rings. The number of nitrogens with zero attached hydrogens (tertiary/aromatic N) is 3. The predicted octanol–water partition coefficient (Wildman–Crippen LogP) is 2.97. The lowest BCUT2D eigenvalue weighted by molar-refractivity contribution is 0.0374.